The molecule has 2 heterocycles. The molecule has 0 saturated carbocycles. The SMILES string of the molecule is COc1ccc(CNc2nc(C)cc(Nc3cc(C)on3)n2)cc1OC. The Hall–Kier alpha value is -3.29. The Morgan fingerprint density at radius 2 is 1.77 bits per heavy atom. The Bertz CT molecular complexity index is 894. The molecule has 2 N–H and O–H groups in total. The topological polar surface area (TPSA) is 94.3 Å². The summed E-state index contributed by atoms with van der Waals surface area (Å²) in [5.74, 6) is 3.86. The van der Waals surface area contributed by atoms with Crippen molar-refractivity contribution in [3.05, 3.63) is 47.3 Å². The van der Waals surface area contributed by atoms with Crippen molar-refractivity contribution in [2.75, 3.05) is 24.9 Å². The summed E-state index contributed by atoms with van der Waals surface area (Å²) in [4.78, 5) is 8.87. The van der Waals surface area contributed by atoms with Crippen molar-refractivity contribution in [1.82, 2.24) is 15.1 Å². The number of anilines is 3. The van der Waals surface area contributed by atoms with Gasteiger partial charge in [0.15, 0.2) is 17.3 Å². The predicted molar refractivity (Wildman–Crippen MR) is 98.2 cm³/mol. The van der Waals surface area contributed by atoms with Crippen molar-refractivity contribution >= 4 is 17.6 Å². The smallest absolute Gasteiger partial charge is 0.225 e. The van der Waals surface area contributed by atoms with E-state index in [-0.39, 0.29) is 0 Å². The van der Waals surface area contributed by atoms with E-state index in [1.807, 2.05) is 38.1 Å². The number of hydrogen-bond donors (Lipinski definition) is 2. The van der Waals surface area contributed by atoms with Crippen LogP contribution >= 0.6 is 0 Å². The highest BCUT2D eigenvalue weighted by Crippen LogP contribution is 2.27. The maximum Gasteiger partial charge on any atom is 0.225 e. The summed E-state index contributed by atoms with van der Waals surface area (Å²) in [6.45, 7) is 4.29. The minimum absolute atomic E-state index is 0.516. The molecule has 0 aliphatic heterocycles. The van der Waals surface area contributed by atoms with Gasteiger partial charge in [-0.25, -0.2) is 4.98 Å². The number of methoxy groups -OCH3 is 2. The van der Waals surface area contributed by atoms with E-state index in [1.54, 1.807) is 20.3 Å². The van der Waals surface area contributed by atoms with Crippen LogP contribution in [-0.2, 0) is 6.54 Å². The Labute approximate surface area is 151 Å². The molecule has 1 aromatic carbocycles. The fourth-order valence-electron chi connectivity index (χ4n) is 2.44. The van der Waals surface area contributed by atoms with Gasteiger partial charge in [0.2, 0.25) is 5.95 Å². The van der Waals surface area contributed by atoms with E-state index in [2.05, 4.69) is 25.8 Å². The molecule has 0 fully saturated rings. The van der Waals surface area contributed by atoms with Gasteiger partial charge in [-0.3, -0.25) is 0 Å². The summed E-state index contributed by atoms with van der Waals surface area (Å²) in [6.07, 6.45) is 0. The van der Waals surface area contributed by atoms with Crippen molar-refractivity contribution in [2.24, 2.45) is 0 Å². The zero-order valence-electron chi connectivity index (χ0n) is 15.2. The molecular weight excluding hydrogens is 334 g/mol. The molecule has 3 aromatic rings. The molecule has 0 radical (unpaired) electrons. The molecule has 3 rings (SSSR count). The van der Waals surface area contributed by atoms with Gasteiger partial charge in [-0.05, 0) is 31.5 Å². The van der Waals surface area contributed by atoms with Crippen LogP contribution in [0.15, 0.2) is 34.9 Å². The third-order valence-corrected chi connectivity index (χ3v) is 3.64. The standard InChI is InChI=1S/C18H21N5O3/c1-11-7-16(21-17-8-12(2)26-23-17)22-18(20-11)19-10-13-5-6-14(24-3)15(9-13)25-4/h5-9H,10H2,1-4H3,(H2,19,20,21,22,23). The first-order valence-electron chi connectivity index (χ1n) is 8.08. The number of aryl methyl sites for hydroxylation is 2. The van der Waals surface area contributed by atoms with Crippen LogP contribution in [-0.4, -0.2) is 29.3 Å². The molecule has 8 heteroatoms. The van der Waals surface area contributed by atoms with Crippen LogP contribution in [0.3, 0.4) is 0 Å². The predicted octanol–water partition coefficient (Wildman–Crippen LogP) is 3.45. The summed E-state index contributed by atoms with van der Waals surface area (Å²) in [6, 6.07) is 9.38. The number of aromatic nitrogens is 3. The van der Waals surface area contributed by atoms with E-state index >= 15 is 0 Å². The average molecular weight is 355 g/mol. The van der Waals surface area contributed by atoms with Gasteiger partial charge in [-0.2, -0.15) is 4.98 Å². The maximum atomic E-state index is 5.33. The van der Waals surface area contributed by atoms with Gasteiger partial charge >= 0.3 is 0 Å². The van der Waals surface area contributed by atoms with Crippen LogP contribution < -0.4 is 20.1 Å². The molecule has 0 bridgehead atoms. The highest BCUT2D eigenvalue weighted by molar-refractivity contribution is 5.53. The number of nitrogens with one attached hydrogen (secondary N) is 2. The monoisotopic (exact) mass is 355 g/mol. The fraction of sp³-hybridized carbons (Fsp3) is 0.278. The molecule has 0 atom stereocenters. The number of nitrogens with zero attached hydrogens (tertiary/aromatic N) is 3. The minimum atomic E-state index is 0.516. The van der Waals surface area contributed by atoms with Gasteiger partial charge in [-0.1, -0.05) is 11.2 Å². The summed E-state index contributed by atoms with van der Waals surface area (Å²) in [5.41, 5.74) is 1.85. The van der Waals surface area contributed by atoms with Gasteiger partial charge in [0.25, 0.3) is 0 Å². The second-order valence-corrected chi connectivity index (χ2v) is 5.71. The fourth-order valence-corrected chi connectivity index (χ4v) is 2.44. The lowest BCUT2D eigenvalue weighted by Gasteiger charge is -2.11. The maximum absolute atomic E-state index is 5.33. The van der Waals surface area contributed by atoms with Gasteiger partial charge < -0.3 is 24.6 Å². The molecule has 136 valence electrons. The van der Waals surface area contributed by atoms with Crippen LogP contribution in [0.4, 0.5) is 17.6 Å². The molecule has 0 aliphatic carbocycles. The van der Waals surface area contributed by atoms with E-state index in [9.17, 15) is 0 Å². The second kappa shape index (κ2) is 7.73. The third-order valence-electron chi connectivity index (χ3n) is 3.64. The zero-order valence-corrected chi connectivity index (χ0v) is 15.2. The molecular formula is C18H21N5O3. The van der Waals surface area contributed by atoms with E-state index in [0.717, 1.165) is 17.0 Å². The number of benzene rings is 1. The first-order chi connectivity index (χ1) is 12.6. The zero-order chi connectivity index (χ0) is 18.5. The van der Waals surface area contributed by atoms with E-state index in [0.29, 0.717) is 35.6 Å². The van der Waals surface area contributed by atoms with Crippen LogP contribution in [0.5, 0.6) is 11.5 Å². The van der Waals surface area contributed by atoms with Crippen molar-refractivity contribution in [2.45, 2.75) is 20.4 Å². The van der Waals surface area contributed by atoms with Crippen molar-refractivity contribution < 1.29 is 14.0 Å². The first kappa shape index (κ1) is 17.5. The number of hydrogen-bond acceptors (Lipinski definition) is 8. The van der Waals surface area contributed by atoms with Crippen LogP contribution in [0.2, 0.25) is 0 Å². The largest absolute Gasteiger partial charge is 0.493 e. The van der Waals surface area contributed by atoms with Gasteiger partial charge in [0, 0.05) is 24.4 Å². The summed E-state index contributed by atoms with van der Waals surface area (Å²) < 4.78 is 15.6. The lowest BCUT2D eigenvalue weighted by molar-refractivity contribution is 0.354. The molecule has 0 saturated heterocycles. The Morgan fingerprint density at radius 3 is 2.46 bits per heavy atom. The van der Waals surface area contributed by atoms with Crippen molar-refractivity contribution in [3.8, 4) is 11.5 Å². The highest BCUT2D eigenvalue weighted by Gasteiger charge is 2.07. The molecule has 8 nitrogen and oxygen atoms in total. The number of rotatable bonds is 7. The Kier molecular flexibility index (Phi) is 5.21. The lowest BCUT2D eigenvalue weighted by atomic mass is 10.2. The van der Waals surface area contributed by atoms with E-state index in [1.165, 1.54) is 0 Å². The first-order valence-corrected chi connectivity index (χ1v) is 8.08. The summed E-state index contributed by atoms with van der Waals surface area (Å²) >= 11 is 0. The van der Waals surface area contributed by atoms with Crippen LogP contribution in [0, 0.1) is 13.8 Å². The summed E-state index contributed by atoms with van der Waals surface area (Å²) in [7, 11) is 3.23. The van der Waals surface area contributed by atoms with Gasteiger partial charge in [0.05, 0.1) is 14.2 Å². The molecule has 0 unspecified atom stereocenters. The van der Waals surface area contributed by atoms with Crippen LogP contribution in [0.25, 0.3) is 0 Å². The normalized spacial score (nSPS) is 10.5. The van der Waals surface area contributed by atoms with Crippen LogP contribution in [0.1, 0.15) is 17.0 Å². The molecule has 26 heavy (non-hydrogen) atoms. The van der Waals surface area contributed by atoms with Gasteiger partial charge in [0.1, 0.15) is 11.6 Å². The molecule has 0 amide bonds. The third kappa shape index (κ3) is 4.21. The quantitative estimate of drug-likeness (QED) is 0.665. The van der Waals surface area contributed by atoms with Crippen molar-refractivity contribution in [1.29, 1.82) is 0 Å². The van der Waals surface area contributed by atoms with Crippen molar-refractivity contribution in [3.63, 3.8) is 0 Å². The van der Waals surface area contributed by atoms with Gasteiger partial charge in [-0.15, -0.1) is 0 Å². The Morgan fingerprint density at radius 1 is 0.962 bits per heavy atom. The number of ether oxygens (including phenoxy) is 2. The molecule has 0 aliphatic rings. The Balaban J connectivity index is 1.71. The second-order valence-electron chi connectivity index (χ2n) is 5.71. The highest BCUT2D eigenvalue weighted by atomic mass is 16.5. The minimum Gasteiger partial charge on any atom is -0.493 e. The lowest BCUT2D eigenvalue weighted by Crippen LogP contribution is -2.06. The van der Waals surface area contributed by atoms with E-state index in [4.69, 9.17) is 14.0 Å². The molecule has 0 spiro atoms. The van der Waals surface area contributed by atoms with E-state index < -0.39 is 0 Å². The average Bonchev–Trinajstić information content (AvgIpc) is 3.04. The molecule has 2 aromatic heterocycles. The summed E-state index contributed by atoms with van der Waals surface area (Å²) in [5, 5.41) is 10.2.